The topological polar surface area (TPSA) is 63.4 Å². The lowest BCUT2D eigenvalue weighted by molar-refractivity contribution is 0.190. The maximum absolute atomic E-state index is 5.70. The minimum absolute atomic E-state index is 0. The third-order valence-electron chi connectivity index (χ3n) is 4.15. The monoisotopic (exact) mass is 366 g/mol. The van der Waals surface area contributed by atoms with Crippen molar-refractivity contribution in [3.05, 3.63) is 41.5 Å². The normalized spacial score (nSPS) is 18.2. The summed E-state index contributed by atoms with van der Waals surface area (Å²) in [5.41, 5.74) is 1.14. The van der Waals surface area contributed by atoms with E-state index in [1.807, 2.05) is 24.3 Å². The Bertz CT molecular complexity index is 645. The molecular weight excluding hydrogens is 340 g/mol. The lowest BCUT2D eigenvalue weighted by atomic mass is 10.1. The second-order valence-electron chi connectivity index (χ2n) is 6.77. The van der Waals surface area contributed by atoms with Gasteiger partial charge in [-0.05, 0) is 30.7 Å². The number of hydrogen-bond acceptors (Lipinski definition) is 6. The van der Waals surface area contributed by atoms with Gasteiger partial charge in [0.15, 0.2) is 5.82 Å². The highest BCUT2D eigenvalue weighted by Crippen LogP contribution is 2.19. The predicted molar refractivity (Wildman–Crippen MR) is 99.4 cm³/mol. The van der Waals surface area contributed by atoms with E-state index in [1.54, 1.807) is 0 Å². The quantitative estimate of drug-likeness (QED) is 0.848. The molecule has 1 N–H and O–H groups in total. The third kappa shape index (κ3) is 5.42. The van der Waals surface area contributed by atoms with Gasteiger partial charge in [-0.2, -0.15) is 4.98 Å². The molecule has 7 heteroatoms. The number of hydrogen-bond donors (Lipinski definition) is 1. The van der Waals surface area contributed by atoms with Gasteiger partial charge in [0.2, 0.25) is 5.89 Å². The summed E-state index contributed by atoms with van der Waals surface area (Å²) in [6.07, 6.45) is 0.640. The first-order chi connectivity index (χ1) is 11.6. The van der Waals surface area contributed by atoms with Gasteiger partial charge in [-0.25, -0.2) is 0 Å². The highest BCUT2D eigenvalue weighted by atomic mass is 35.5. The van der Waals surface area contributed by atoms with Crippen molar-refractivity contribution in [3.8, 4) is 5.75 Å². The number of aromatic nitrogens is 2. The van der Waals surface area contributed by atoms with Crippen molar-refractivity contribution < 1.29 is 9.26 Å². The number of nitrogens with zero attached hydrogens (tertiary/aromatic N) is 3. The molecule has 3 rings (SSSR count). The summed E-state index contributed by atoms with van der Waals surface area (Å²) < 4.78 is 11.1. The summed E-state index contributed by atoms with van der Waals surface area (Å²) in [5.74, 6) is 2.83. The number of ether oxygens (including phenoxy) is 1. The minimum atomic E-state index is 0. The van der Waals surface area contributed by atoms with E-state index in [1.165, 1.54) is 0 Å². The summed E-state index contributed by atoms with van der Waals surface area (Å²) in [7, 11) is 2.09. The van der Waals surface area contributed by atoms with E-state index < -0.39 is 0 Å². The fraction of sp³-hybridized carbons (Fsp3) is 0.556. The van der Waals surface area contributed by atoms with Crippen molar-refractivity contribution in [3.63, 3.8) is 0 Å². The Kier molecular flexibility index (Phi) is 7.23. The molecule has 6 nitrogen and oxygen atoms in total. The second-order valence-corrected chi connectivity index (χ2v) is 6.77. The molecule has 1 atom stereocenters. The van der Waals surface area contributed by atoms with Crippen LogP contribution in [0.1, 0.15) is 37.2 Å². The number of likely N-dealkylation sites (N-methyl/N-ethyl adjacent to an activating group) is 1. The molecular formula is C18H27ClN4O2. The van der Waals surface area contributed by atoms with Crippen LogP contribution in [0.2, 0.25) is 0 Å². The SMILES string of the molecule is CC(C)COc1ccc(Cc2nc(C3CNCCN3C)no2)cc1.Cl. The first kappa shape index (κ1) is 19.7. The Morgan fingerprint density at radius 1 is 1.32 bits per heavy atom. The summed E-state index contributed by atoms with van der Waals surface area (Å²) in [4.78, 5) is 6.83. The molecule has 0 bridgehead atoms. The molecule has 25 heavy (non-hydrogen) atoms. The van der Waals surface area contributed by atoms with Crippen molar-refractivity contribution in [1.82, 2.24) is 20.4 Å². The number of rotatable bonds is 6. The number of nitrogens with one attached hydrogen (secondary N) is 1. The largest absolute Gasteiger partial charge is 0.493 e. The first-order valence-electron chi connectivity index (χ1n) is 8.57. The molecule has 1 saturated heterocycles. The van der Waals surface area contributed by atoms with Crippen LogP contribution in [0.3, 0.4) is 0 Å². The van der Waals surface area contributed by atoms with Gasteiger partial charge in [-0.3, -0.25) is 4.90 Å². The van der Waals surface area contributed by atoms with Crippen LogP contribution in [0.15, 0.2) is 28.8 Å². The highest BCUT2D eigenvalue weighted by Gasteiger charge is 2.25. The molecule has 0 saturated carbocycles. The molecule has 138 valence electrons. The van der Waals surface area contributed by atoms with E-state index >= 15 is 0 Å². The zero-order chi connectivity index (χ0) is 16.9. The van der Waals surface area contributed by atoms with Crippen LogP contribution >= 0.6 is 12.4 Å². The van der Waals surface area contributed by atoms with E-state index in [4.69, 9.17) is 9.26 Å². The molecule has 1 aliphatic rings. The lowest BCUT2D eigenvalue weighted by Crippen LogP contribution is -2.44. The van der Waals surface area contributed by atoms with Crippen LogP contribution in [0.4, 0.5) is 0 Å². The van der Waals surface area contributed by atoms with E-state index in [2.05, 4.69) is 41.3 Å². The summed E-state index contributed by atoms with van der Waals surface area (Å²) in [6, 6.07) is 8.27. The molecule has 1 aromatic carbocycles. The zero-order valence-corrected chi connectivity index (χ0v) is 15.9. The van der Waals surface area contributed by atoms with E-state index in [0.717, 1.165) is 43.4 Å². The minimum Gasteiger partial charge on any atom is -0.493 e. The molecule has 1 unspecified atom stereocenters. The molecule has 0 spiro atoms. The zero-order valence-electron chi connectivity index (χ0n) is 15.1. The van der Waals surface area contributed by atoms with Crippen LogP contribution in [0.25, 0.3) is 0 Å². The molecule has 0 aliphatic carbocycles. The van der Waals surface area contributed by atoms with Gasteiger partial charge in [-0.15, -0.1) is 12.4 Å². The Balaban J connectivity index is 0.00000225. The third-order valence-corrected chi connectivity index (χ3v) is 4.15. The van der Waals surface area contributed by atoms with Crippen molar-refractivity contribution in [2.45, 2.75) is 26.3 Å². The average molecular weight is 367 g/mol. The number of piperazine rings is 1. The van der Waals surface area contributed by atoms with Gasteiger partial charge in [0.05, 0.1) is 19.1 Å². The van der Waals surface area contributed by atoms with Gasteiger partial charge in [0, 0.05) is 19.6 Å². The van der Waals surface area contributed by atoms with Crippen LogP contribution in [-0.4, -0.2) is 48.3 Å². The van der Waals surface area contributed by atoms with E-state index in [-0.39, 0.29) is 18.4 Å². The van der Waals surface area contributed by atoms with Crippen LogP contribution in [0, 0.1) is 5.92 Å². The number of halogens is 1. The van der Waals surface area contributed by atoms with Gasteiger partial charge in [-0.1, -0.05) is 31.1 Å². The van der Waals surface area contributed by atoms with Crippen molar-refractivity contribution in [2.75, 3.05) is 33.3 Å². The Morgan fingerprint density at radius 3 is 2.76 bits per heavy atom. The predicted octanol–water partition coefficient (Wildman–Crippen LogP) is 2.69. The van der Waals surface area contributed by atoms with E-state index in [0.29, 0.717) is 18.2 Å². The molecule has 2 aromatic rings. The standard InChI is InChI=1S/C18H26N4O2.ClH/c1-13(2)12-23-15-6-4-14(5-7-15)10-17-20-18(21-24-17)16-11-19-8-9-22(16)3;/h4-7,13,16,19H,8-12H2,1-3H3;1H. The summed E-state index contributed by atoms with van der Waals surface area (Å²) >= 11 is 0. The maximum Gasteiger partial charge on any atom is 0.231 e. The lowest BCUT2D eigenvalue weighted by Gasteiger charge is -2.30. The molecule has 0 radical (unpaired) electrons. The fourth-order valence-electron chi connectivity index (χ4n) is 2.71. The fourth-order valence-corrected chi connectivity index (χ4v) is 2.71. The smallest absolute Gasteiger partial charge is 0.231 e. The molecule has 1 fully saturated rings. The van der Waals surface area contributed by atoms with Crippen LogP contribution < -0.4 is 10.1 Å². The van der Waals surface area contributed by atoms with Crippen LogP contribution in [0.5, 0.6) is 5.75 Å². The molecule has 2 heterocycles. The first-order valence-corrected chi connectivity index (χ1v) is 8.57. The molecule has 1 aliphatic heterocycles. The summed E-state index contributed by atoms with van der Waals surface area (Å²) in [6.45, 7) is 7.86. The maximum atomic E-state index is 5.70. The average Bonchev–Trinajstić information content (AvgIpc) is 3.03. The number of benzene rings is 1. The Hall–Kier alpha value is -1.63. The summed E-state index contributed by atoms with van der Waals surface area (Å²) in [5, 5.41) is 7.53. The van der Waals surface area contributed by atoms with Crippen molar-refractivity contribution in [1.29, 1.82) is 0 Å². The highest BCUT2D eigenvalue weighted by molar-refractivity contribution is 5.85. The van der Waals surface area contributed by atoms with Crippen molar-refractivity contribution in [2.24, 2.45) is 5.92 Å². The Morgan fingerprint density at radius 2 is 2.08 bits per heavy atom. The Labute approximate surface area is 155 Å². The molecule has 1 aromatic heterocycles. The molecule has 0 amide bonds. The van der Waals surface area contributed by atoms with Gasteiger partial charge in [0.1, 0.15) is 5.75 Å². The van der Waals surface area contributed by atoms with Crippen LogP contribution in [-0.2, 0) is 6.42 Å². The van der Waals surface area contributed by atoms with E-state index in [9.17, 15) is 0 Å². The van der Waals surface area contributed by atoms with Gasteiger partial charge in [0.25, 0.3) is 0 Å². The second kappa shape index (κ2) is 9.17. The van der Waals surface area contributed by atoms with Gasteiger partial charge >= 0.3 is 0 Å². The van der Waals surface area contributed by atoms with Gasteiger partial charge < -0.3 is 14.6 Å². The van der Waals surface area contributed by atoms with Crippen molar-refractivity contribution >= 4 is 12.4 Å².